The van der Waals surface area contributed by atoms with E-state index in [4.69, 9.17) is 18.5 Å². The van der Waals surface area contributed by atoms with E-state index >= 15 is 0 Å². The molecule has 0 heterocycles. The van der Waals surface area contributed by atoms with Crippen LogP contribution in [-0.2, 0) is 32.7 Å². The van der Waals surface area contributed by atoms with Crippen molar-refractivity contribution in [2.24, 2.45) is 0 Å². The van der Waals surface area contributed by atoms with Crippen molar-refractivity contribution in [2.45, 2.75) is 276 Å². The number of aliphatic hydroxyl groups excluding tert-OH is 2. The van der Waals surface area contributed by atoms with Crippen LogP contribution in [0.1, 0.15) is 264 Å². The molecule has 3 N–H and O–H groups in total. The summed E-state index contributed by atoms with van der Waals surface area (Å²) in [4.78, 5) is 34.7. The first-order chi connectivity index (χ1) is 30.3. The standard InChI is InChI=1S/C51H99O10P/c1-3-5-7-9-11-13-15-17-19-21-22-23-24-25-26-27-29-31-33-35-37-39-41-43-51(55)61-49(45-53)47-59-62(56,57)58-46-48(44-52)60-50(54)42-40-38-36-34-32-30-28-20-18-16-14-12-10-8-6-4-2/h21-22,48-49,52-53H,3-20,23-47H2,1-2H3,(H,56,57)/b22-21-. The van der Waals surface area contributed by atoms with Crippen molar-refractivity contribution in [1.29, 1.82) is 0 Å². The summed E-state index contributed by atoms with van der Waals surface area (Å²) in [5.74, 6) is -1.00. The van der Waals surface area contributed by atoms with Gasteiger partial charge in [0.05, 0.1) is 26.4 Å². The van der Waals surface area contributed by atoms with Gasteiger partial charge >= 0.3 is 19.8 Å². The number of carbonyl (C=O) groups excluding carboxylic acids is 2. The van der Waals surface area contributed by atoms with E-state index in [9.17, 15) is 29.3 Å². The number of aliphatic hydroxyl groups is 2. The number of hydrogen-bond donors (Lipinski definition) is 3. The Bertz CT molecular complexity index is 1040. The van der Waals surface area contributed by atoms with E-state index in [1.54, 1.807) is 0 Å². The van der Waals surface area contributed by atoms with E-state index in [0.717, 1.165) is 38.5 Å². The van der Waals surface area contributed by atoms with Gasteiger partial charge in [-0.2, -0.15) is 0 Å². The third-order valence-electron chi connectivity index (χ3n) is 11.7. The Labute approximate surface area is 381 Å². The smallest absolute Gasteiger partial charge is 0.457 e. The predicted octanol–water partition coefficient (Wildman–Crippen LogP) is 14.7. The fraction of sp³-hybridized carbons (Fsp3) is 0.922. The zero-order valence-corrected chi connectivity index (χ0v) is 41.3. The highest BCUT2D eigenvalue weighted by molar-refractivity contribution is 7.47. The molecule has 0 aromatic rings. The maximum Gasteiger partial charge on any atom is 0.472 e. The molecule has 0 aliphatic heterocycles. The van der Waals surface area contributed by atoms with Crippen molar-refractivity contribution >= 4 is 19.8 Å². The molecule has 11 heteroatoms. The molecule has 0 aliphatic carbocycles. The van der Waals surface area contributed by atoms with E-state index in [1.165, 1.54) is 186 Å². The maximum absolute atomic E-state index is 12.4. The molecule has 0 saturated carbocycles. The molecule has 10 nitrogen and oxygen atoms in total. The number of rotatable bonds is 50. The van der Waals surface area contributed by atoms with Crippen LogP contribution in [-0.4, -0.2) is 65.7 Å². The monoisotopic (exact) mass is 903 g/mol. The Kier molecular flexibility index (Phi) is 46.7. The summed E-state index contributed by atoms with van der Waals surface area (Å²) in [6.45, 7) is 2.27. The van der Waals surface area contributed by atoms with Gasteiger partial charge in [0, 0.05) is 12.8 Å². The summed E-state index contributed by atoms with van der Waals surface area (Å²) in [5, 5.41) is 19.2. The van der Waals surface area contributed by atoms with Crippen molar-refractivity contribution in [2.75, 3.05) is 26.4 Å². The van der Waals surface area contributed by atoms with Gasteiger partial charge in [-0.15, -0.1) is 0 Å². The summed E-state index contributed by atoms with van der Waals surface area (Å²) in [5.41, 5.74) is 0. The highest BCUT2D eigenvalue weighted by Gasteiger charge is 2.27. The summed E-state index contributed by atoms with van der Waals surface area (Å²) < 4.78 is 32.7. The molecule has 0 aromatic carbocycles. The zero-order chi connectivity index (χ0) is 45.5. The quantitative estimate of drug-likeness (QED) is 0.0233. The van der Waals surface area contributed by atoms with E-state index in [2.05, 4.69) is 26.0 Å². The summed E-state index contributed by atoms with van der Waals surface area (Å²) in [7, 11) is -4.64. The van der Waals surface area contributed by atoms with Crippen LogP contribution in [0.25, 0.3) is 0 Å². The Morgan fingerprint density at radius 1 is 0.419 bits per heavy atom. The Morgan fingerprint density at radius 3 is 0.919 bits per heavy atom. The molecule has 0 rings (SSSR count). The van der Waals surface area contributed by atoms with Crippen LogP contribution in [0.4, 0.5) is 0 Å². The Morgan fingerprint density at radius 2 is 0.661 bits per heavy atom. The van der Waals surface area contributed by atoms with Gasteiger partial charge < -0.3 is 24.6 Å². The van der Waals surface area contributed by atoms with Crippen molar-refractivity contribution in [3.63, 3.8) is 0 Å². The Balaban J connectivity index is 3.79. The zero-order valence-electron chi connectivity index (χ0n) is 40.4. The average Bonchev–Trinajstić information content (AvgIpc) is 3.26. The largest absolute Gasteiger partial charge is 0.472 e. The lowest BCUT2D eigenvalue weighted by Gasteiger charge is -2.20. The van der Waals surface area contributed by atoms with Crippen LogP contribution in [0.3, 0.4) is 0 Å². The predicted molar refractivity (Wildman–Crippen MR) is 256 cm³/mol. The minimum atomic E-state index is -4.64. The van der Waals surface area contributed by atoms with Gasteiger partial charge in [0.15, 0.2) is 0 Å². The second-order valence-electron chi connectivity index (χ2n) is 17.9. The minimum Gasteiger partial charge on any atom is -0.457 e. The van der Waals surface area contributed by atoms with Crippen molar-refractivity contribution in [1.82, 2.24) is 0 Å². The number of esters is 2. The molecule has 0 radical (unpaired) electrons. The molecular weight excluding hydrogens is 804 g/mol. The first-order valence-corrected chi connectivity index (χ1v) is 27.6. The van der Waals surface area contributed by atoms with Gasteiger partial charge in [-0.25, -0.2) is 4.57 Å². The molecule has 0 saturated heterocycles. The fourth-order valence-electron chi connectivity index (χ4n) is 7.70. The molecule has 3 unspecified atom stereocenters. The van der Waals surface area contributed by atoms with E-state index in [1.807, 2.05) is 0 Å². The van der Waals surface area contributed by atoms with E-state index in [0.29, 0.717) is 12.8 Å². The van der Waals surface area contributed by atoms with Crippen molar-refractivity contribution < 1.29 is 47.8 Å². The average molecular weight is 903 g/mol. The van der Waals surface area contributed by atoms with Gasteiger partial charge in [-0.3, -0.25) is 18.6 Å². The van der Waals surface area contributed by atoms with Gasteiger partial charge in [-0.1, -0.05) is 225 Å². The first kappa shape index (κ1) is 60.7. The van der Waals surface area contributed by atoms with Crippen LogP contribution < -0.4 is 0 Å². The van der Waals surface area contributed by atoms with Gasteiger partial charge in [0.2, 0.25) is 0 Å². The molecule has 0 aromatic heterocycles. The van der Waals surface area contributed by atoms with Crippen LogP contribution in [0.5, 0.6) is 0 Å². The summed E-state index contributed by atoms with van der Waals surface area (Å²) >= 11 is 0. The normalized spacial score (nSPS) is 13.7. The molecule has 3 atom stereocenters. The lowest BCUT2D eigenvalue weighted by Crippen LogP contribution is -2.28. The minimum absolute atomic E-state index is 0.196. The maximum atomic E-state index is 12.4. The third kappa shape index (κ3) is 45.3. The molecular formula is C51H99O10P. The molecule has 368 valence electrons. The molecule has 0 bridgehead atoms. The Hall–Kier alpha value is -1.29. The lowest BCUT2D eigenvalue weighted by molar-refractivity contribution is -0.153. The molecule has 0 fully saturated rings. The molecule has 62 heavy (non-hydrogen) atoms. The fourth-order valence-corrected chi connectivity index (χ4v) is 8.49. The second kappa shape index (κ2) is 47.7. The first-order valence-electron chi connectivity index (χ1n) is 26.1. The van der Waals surface area contributed by atoms with Crippen molar-refractivity contribution in [3.05, 3.63) is 12.2 Å². The van der Waals surface area contributed by atoms with Crippen LogP contribution >= 0.6 is 7.82 Å². The number of allylic oxidation sites excluding steroid dienone is 2. The number of carbonyl (C=O) groups is 2. The summed E-state index contributed by atoms with van der Waals surface area (Å²) in [6, 6.07) is 0. The number of unbranched alkanes of at least 4 members (excludes halogenated alkanes) is 34. The van der Waals surface area contributed by atoms with Crippen LogP contribution in [0, 0.1) is 0 Å². The molecule has 0 spiro atoms. The second-order valence-corrected chi connectivity index (χ2v) is 19.3. The topological polar surface area (TPSA) is 149 Å². The molecule has 0 aliphatic rings. The molecule has 0 amide bonds. The van der Waals surface area contributed by atoms with E-state index in [-0.39, 0.29) is 12.8 Å². The van der Waals surface area contributed by atoms with Crippen molar-refractivity contribution in [3.8, 4) is 0 Å². The highest BCUT2D eigenvalue weighted by atomic mass is 31.2. The lowest BCUT2D eigenvalue weighted by atomic mass is 10.0. The number of ether oxygens (including phenoxy) is 2. The van der Waals surface area contributed by atoms with Crippen LogP contribution in [0.2, 0.25) is 0 Å². The van der Waals surface area contributed by atoms with Crippen LogP contribution in [0.15, 0.2) is 12.2 Å². The van der Waals surface area contributed by atoms with E-state index < -0.39 is 58.4 Å². The SMILES string of the molecule is CCCCCCCCCC/C=C\CCCCCCCCCCCCCC(=O)OC(CO)COP(=O)(O)OCC(CO)OC(=O)CCCCCCCCCCCCCCCCCC. The highest BCUT2D eigenvalue weighted by Crippen LogP contribution is 2.43. The number of phosphoric ester groups is 1. The third-order valence-corrected chi connectivity index (χ3v) is 12.7. The van der Waals surface area contributed by atoms with Gasteiger partial charge in [0.1, 0.15) is 12.2 Å². The van der Waals surface area contributed by atoms with Gasteiger partial charge in [-0.05, 0) is 38.5 Å². The number of phosphoric acid groups is 1. The summed E-state index contributed by atoms with van der Waals surface area (Å²) in [6.07, 6.45) is 49.0. The number of hydrogen-bond acceptors (Lipinski definition) is 9. The van der Waals surface area contributed by atoms with Gasteiger partial charge in [0.25, 0.3) is 0 Å².